The molecule has 100 valence electrons. The molecule has 1 aliphatic rings. The number of carbonyl (C=O) groups is 1. The maximum absolute atomic E-state index is 11.7. The molecule has 6 nitrogen and oxygen atoms in total. The Bertz CT molecular complexity index is 356. The van der Waals surface area contributed by atoms with E-state index in [1.807, 2.05) is 0 Å². The van der Waals surface area contributed by atoms with Crippen molar-refractivity contribution >= 4 is 15.9 Å². The highest BCUT2D eigenvalue weighted by atomic mass is 32.2. The molecule has 2 unspecified atom stereocenters. The normalized spacial score (nSPS) is 25.5. The van der Waals surface area contributed by atoms with Crippen LogP contribution in [0.3, 0.4) is 0 Å². The van der Waals surface area contributed by atoms with E-state index in [9.17, 15) is 13.2 Å². The van der Waals surface area contributed by atoms with E-state index in [1.165, 1.54) is 0 Å². The first-order valence-electron chi connectivity index (χ1n) is 5.81. The molecule has 0 bridgehead atoms. The van der Waals surface area contributed by atoms with Crippen molar-refractivity contribution in [2.24, 2.45) is 11.8 Å². The van der Waals surface area contributed by atoms with Gasteiger partial charge in [-0.25, -0.2) is 13.1 Å². The SMILES string of the molecule is CC1CNCC(C(=O)NCCNS(C)(=O)=O)C1. The van der Waals surface area contributed by atoms with Gasteiger partial charge in [0.2, 0.25) is 15.9 Å². The van der Waals surface area contributed by atoms with Crippen LogP contribution in [0.15, 0.2) is 0 Å². The first-order chi connectivity index (χ1) is 7.88. The van der Waals surface area contributed by atoms with E-state index >= 15 is 0 Å². The van der Waals surface area contributed by atoms with E-state index < -0.39 is 10.0 Å². The quantitative estimate of drug-likeness (QED) is 0.549. The van der Waals surface area contributed by atoms with Gasteiger partial charge in [-0.2, -0.15) is 0 Å². The number of amides is 1. The largest absolute Gasteiger partial charge is 0.355 e. The Labute approximate surface area is 103 Å². The third-order valence-corrected chi connectivity index (χ3v) is 3.46. The first-order valence-corrected chi connectivity index (χ1v) is 7.70. The van der Waals surface area contributed by atoms with Gasteiger partial charge in [-0.05, 0) is 18.9 Å². The standard InChI is InChI=1S/C10H21N3O3S/c1-8-5-9(7-11-6-8)10(14)12-3-4-13-17(2,15)16/h8-9,11,13H,3-7H2,1-2H3,(H,12,14). The van der Waals surface area contributed by atoms with Gasteiger partial charge in [0, 0.05) is 19.6 Å². The fourth-order valence-electron chi connectivity index (χ4n) is 1.92. The second-order valence-electron chi connectivity index (χ2n) is 4.65. The van der Waals surface area contributed by atoms with Crippen LogP contribution in [0.1, 0.15) is 13.3 Å². The Kier molecular flexibility index (Phi) is 5.35. The zero-order chi connectivity index (χ0) is 12.9. The van der Waals surface area contributed by atoms with Crippen molar-refractivity contribution in [3.8, 4) is 0 Å². The van der Waals surface area contributed by atoms with Gasteiger partial charge in [-0.15, -0.1) is 0 Å². The third kappa shape index (κ3) is 5.99. The molecule has 2 atom stereocenters. The van der Waals surface area contributed by atoms with Gasteiger partial charge in [-0.3, -0.25) is 4.79 Å². The van der Waals surface area contributed by atoms with Gasteiger partial charge in [0.05, 0.1) is 12.2 Å². The number of carbonyl (C=O) groups excluding carboxylic acids is 1. The number of hydrogen-bond donors (Lipinski definition) is 3. The molecule has 0 aromatic carbocycles. The first kappa shape index (κ1) is 14.4. The van der Waals surface area contributed by atoms with Gasteiger partial charge < -0.3 is 10.6 Å². The zero-order valence-electron chi connectivity index (χ0n) is 10.3. The molecular weight excluding hydrogens is 242 g/mol. The molecule has 0 saturated carbocycles. The predicted octanol–water partition coefficient (Wildman–Crippen LogP) is -1.10. The summed E-state index contributed by atoms with van der Waals surface area (Å²) in [6, 6.07) is 0. The van der Waals surface area contributed by atoms with E-state index in [1.54, 1.807) is 0 Å². The summed E-state index contributed by atoms with van der Waals surface area (Å²) < 4.78 is 23.9. The fraction of sp³-hybridized carbons (Fsp3) is 0.900. The van der Waals surface area contributed by atoms with Gasteiger partial charge in [-0.1, -0.05) is 6.92 Å². The van der Waals surface area contributed by atoms with Crippen LogP contribution in [0.2, 0.25) is 0 Å². The summed E-state index contributed by atoms with van der Waals surface area (Å²) in [7, 11) is -3.17. The monoisotopic (exact) mass is 263 g/mol. The summed E-state index contributed by atoms with van der Waals surface area (Å²) in [5, 5.41) is 5.95. The van der Waals surface area contributed by atoms with E-state index in [-0.39, 0.29) is 18.4 Å². The van der Waals surface area contributed by atoms with E-state index in [2.05, 4.69) is 22.3 Å². The maximum atomic E-state index is 11.7. The average Bonchev–Trinajstić information content (AvgIpc) is 2.23. The highest BCUT2D eigenvalue weighted by Gasteiger charge is 2.24. The molecule has 1 fully saturated rings. The summed E-state index contributed by atoms with van der Waals surface area (Å²) in [5.41, 5.74) is 0. The Morgan fingerprint density at radius 3 is 2.65 bits per heavy atom. The van der Waals surface area contributed by atoms with Crippen molar-refractivity contribution < 1.29 is 13.2 Å². The third-order valence-electron chi connectivity index (χ3n) is 2.73. The number of sulfonamides is 1. The van der Waals surface area contributed by atoms with Crippen LogP contribution >= 0.6 is 0 Å². The Balaban J connectivity index is 2.20. The minimum atomic E-state index is -3.17. The smallest absolute Gasteiger partial charge is 0.224 e. The molecule has 0 radical (unpaired) electrons. The highest BCUT2D eigenvalue weighted by molar-refractivity contribution is 7.88. The van der Waals surface area contributed by atoms with Crippen molar-refractivity contribution in [3.05, 3.63) is 0 Å². The molecule has 7 heteroatoms. The van der Waals surface area contributed by atoms with Gasteiger partial charge in [0.1, 0.15) is 0 Å². The van der Waals surface area contributed by atoms with E-state index in [0.29, 0.717) is 19.0 Å². The number of rotatable bonds is 5. The molecule has 0 aromatic rings. The zero-order valence-corrected chi connectivity index (χ0v) is 11.1. The van der Waals surface area contributed by atoms with Crippen LogP contribution in [0, 0.1) is 11.8 Å². The van der Waals surface area contributed by atoms with Crippen LogP contribution in [-0.4, -0.2) is 46.8 Å². The molecule has 0 spiro atoms. The van der Waals surface area contributed by atoms with Crippen LogP contribution in [0.5, 0.6) is 0 Å². The number of nitrogens with one attached hydrogen (secondary N) is 3. The number of piperidine rings is 1. The lowest BCUT2D eigenvalue weighted by Crippen LogP contribution is -2.45. The molecule has 1 aliphatic heterocycles. The topological polar surface area (TPSA) is 87.3 Å². The maximum Gasteiger partial charge on any atom is 0.224 e. The van der Waals surface area contributed by atoms with E-state index in [0.717, 1.165) is 19.2 Å². The molecule has 17 heavy (non-hydrogen) atoms. The van der Waals surface area contributed by atoms with Crippen LogP contribution in [0.4, 0.5) is 0 Å². The summed E-state index contributed by atoms with van der Waals surface area (Å²) in [5.74, 6) is 0.505. The van der Waals surface area contributed by atoms with Crippen molar-refractivity contribution in [1.29, 1.82) is 0 Å². The molecule has 1 amide bonds. The molecule has 1 heterocycles. The predicted molar refractivity (Wildman–Crippen MR) is 66.0 cm³/mol. The second-order valence-corrected chi connectivity index (χ2v) is 6.49. The summed E-state index contributed by atoms with van der Waals surface area (Å²) >= 11 is 0. The Morgan fingerprint density at radius 2 is 2.06 bits per heavy atom. The molecule has 1 rings (SSSR count). The van der Waals surface area contributed by atoms with Gasteiger partial charge in [0.25, 0.3) is 0 Å². The summed E-state index contributed by atoms with van der Waals surface area (Å²) in [6.07, 6.45) is 1.99. The van der Waals surface area contributed by atoms with Crippen LogP contribution in [-0.2, 0) is 14.8 Å². The van der Waals surface area contributed by atoms with Crippen molar-refractivity contribution in [3.63, 3.8) is 0 Å². The minimum absolute atomic E-state index is 0.000601. The van der Waals surface area contributed by atoms with Gasteiger partial charge in [0.15, 0.2) is 0 Å². The second kappa shape index (κ2) is 6.32. The van der Waals surface area contributed by atoms with Crippen LogP contribution in [0.25, 0.3) is 0 Å². The van der Waals surface area contributed by atoms with Gasteiger partial charge >= 0.3 is 0 Å². The fourth-order valence-corrected chi connectivity index (χ4v) is 2.40. The van der Waals surface area contributed by atoms with Crippen LogP contribution < -0.4 is 15.4 Å². The van der Waals surface area contributed by atoms with Crippen molar-refractivity contribution in [1.82, 2.24) is 15.4 Å². The summed E-state index contributed by atoms with van der Waals surface area (Å²) in [4.78, 5) is 11.7. The molecular formula is C10H21N3O3S. The molecule has 0 aromatic heterocycles. The lowest BCUT2D eigenvalue weighted by atomic mass is 9.91. The lowest BCUT2D eigenvalue weighted by molar-refractivity contribution is -0.125. The average molecular weight is 263 g/mol. The minimum Gasteiger partial charge on any atom is -0.355 e. The highest BCUT2D eigenvalue weighted by Crippen LogP contribution is 2.15. The molecule has 3 N–H and O–H groups in total. The Morgan fingerprint density at radius 1 is 1.35 bits per heavy atom. The van der Waals surface area contributed by atoms with Crippen molar-refractivity contribution in [2.75, 3.05) is 32.4 Å². The molecule has 0 aliphatic carbocycles. The molecule has 1 saturated heterocycles. The van der Waals surface area contributed by atoms with E-state index in [4.69, 9.17) is 0 Å². The summed E-state index contributed by atoms with van der Waals surface area (Å²) in [6.45, 7) is 4.34. The lowest BCUT2D eigenvalue weighted by Gasteiger charge is -2.26. The van der Waals surface area contributed by atoms with Crippen molar-refractivity contribution in [2.45, 2.75) is 13.3 Å². The Hall–Kier alpha value is -0.660. The number of hydrogen-bond acceptors (Lipinski definition) is 4.